The molecule has 110 valence electrons. The minimum atomic E-state index is -4.58. The van der Waals surface area contributed by atoms with E-state index in [0.717, 1.165) is 19.1 Å². The van der Waals surface area contributed by atoms with E-state index in [-0.39, 0.29) is 5.56 Å². The zero-order chi connectivity index (χ0) is 15.3. The predicted molar refractivity (Wildman–Crippen MR) is 65.0 cm³/mol. The Labute approximate surface area is 118 Å². The van der Waals surface area contributed by atoms with Crippen LogP contribution in [-0.4, -0.2) is 30.8 Å². The van der Waals surface area contributed by atoms with Crippen LogP contribution in [0.1, 0.15) is 28.8 Å². The van der Waals surface area contributed by atoms with Crippen molar-refractivity contribution in [2.24, 2.45) is 0 Å². The van der Waals surface area contributed by atoms with Gasteiger partial charge in [-0.15, -0.1) is 11.6 Å². The van der Waals surface area contributed by atoms with Gasteiger partial charge in [0.1, 0.15) is 10.9 Å². The van der Waals surface area contributed by atoms with Crippen molar-refractivity contribution in [1.82, 2.24) is 4.31 Å². The van der Waals surface area contributed by atoms with E-state index in [9.17, 15) is 26.4 Å². The molecule has 0 spiro atoms. The van der Waals surface area contributed by atoms with Gasteiger partial charge in [-0.3, -0.25) is 4.79 Å². The average molecular weight is 328 g/mol. The third kappa shape index (κ3) is 2.07. The average Bonchev–Trinajstić information content (AvgIpc) is 2.55. The monoisotopic (exact) mass is 327 g/mol. The molecule has 0 aliphatic carbocycles. The van der Waals surface area contributed by atoms with E-state index in [1.165, 1.54) is 6.07 Å². The lowest BCUT2D eigenvalue weighted by atomic mass is 9.95. The first kappa shape index (κ1) is 15.1. The molecule has 1 aliphatic rings. The zero-order valence-corrected chi connectivity index (χ0v) is 11.7. The van der Waals surface area contributed by atoms with E-state index in [4.69, 9.17) is 11.6 Å². The highest BCUT2D eigenvalue weighted by Crippen LogP contribution is 2.41. The van der Waals surface area contributed by atoms with E-state index >= 15 is 0 Å². The first-order valence-electron chi connectivity index (χ1n) is 5.45. The summed E-state index contributed by atoms with van der Waals surface area (Å²) < 4.78 is 62.7. The molecule has 1 amide bonds. The molecule has 0 fully saturated rings. The van der Waals surface area contributed by atoms with E-state index < -0.39 is 44.5 Å². The van der Waals surface area contributed by atoms with Crippen molar-refractivity contribution in [3.8, 4) is 0 Å². The number of amides is 1. The maximum atomic E-state index is 12.8. The molecule has 1 aromatic rings. The number of carbonyl (C=O) groups excluding carboxylic acids is 1. The van der Waals surface area contributed by atoms with Gasteiger partial charge in [0.25, 0.3) is 15.9 Å². The fraction of sp³-hybridized carbons (Fsp3) is 0.364. The van der Waals surface area contributed by atoms with Gasteiger partial charge in [-0.1, -0.05) is 12.1 Å². The first-order valence-corrected chi connectivity index (χ1v) is 7.42. The highest BCUT2D eigenvalue weighted by atomic mass is 35.5. The molecule has 1 aromatic carbocycles. The molecule has 0 N–H and O–H groups in total. The molecular weight excluding hydrogens is 319 g/mol. The summed E-state index contributed by atoms with van der Waals surface area (Å²) in [5.41, 5.74) is -0.811. The van der Waals surface area contributed by atoms with Gasteiger partial charge >= 0.3 is 6.18 Å². The summed E-state index contributed by atoms with van der Waals surface area (Å²) >= 11 is 5.40. The Hall–Kier alpha value is -1.28. The first-order chi connectivity index (χ1) is 9.12. The van der Waals surface area contributed by atoms with Crippen LogP contribution in [0.2, 0.25) is 0 Å². The third-order valence-corrected chi connectivity index (χ3v) is 5.28. The number of halogens is 4. The number of carbonyl (C=O) groups is 1. The van der Waals surface area contributed by atoms with Gasteiger partial charge in [-0.2, -0.15) is 13.2 Å². The molecule has 0 saturated heterocycles. The molecule has 1 heterocycles. The summed E-state index contributed by atoms with van der Waals surface area (Å²) in [4.78, 5) is 11.6. The van der Waals surface area contributed by atoms with E-state index in [1.807, 2.05) is 0 Å². The van der Waals surface area contributed by atoms with Crippen LogP contribution < -0.4 is 0 Å². The van der Waals surface area contributed by atoms with Gasteiger partial charge in [0.05, 0.1) is 11.5 Å². The van der Waals surface area contributed by atoms with Gasteiger partial charge in [-0.25, -0.2) is 12.7 Å². The fourth-order valence-electron chi connectivity index (χ4n) is 2.00. The Balaban J connectivity index is 2.71. The van der Waals surface area contributed by atoms with E-state index in [2.05, 4.69) is 0 Å². The summed E-state index contributed by atoms with van der Waals surface area (Å²) in [5, 5.41) is 0. The smallest absolute Gasteiger partial charge is 0.268 e. The Morgan fingerprint density at radius 1 is 1.35 bits per heavy atom. The van der Waals surface area contributed by atoms with Crippen LogP contribution in [-0.2, 0) is 10.0 Å². The molecular formula is C11H9ClF3NO3S. The predicted octanol–water partition coefficient (Wildman–Crippen LogP) is 2.69. The lowest BCUT2D eigenvalue weighted by molar-refractivity contribution is -0.146. The molecule has 4 nitrogen and oxygen atoms in total. The van der Waals surface area contributed by atoms with Crippen LogP contribution in [0.3, 0.4) is 0 Å². The van der Waals surface area contributed by atoms with Crippen LogP contribution in [0.5, 0.6) is 0 Å². The normalized spacial score (nSPS) is 19.1. The zero-order valence-electron chi connectivity index (χ0n) is 10.1. The number of fused-ring (bicyclic) bond motifs is 1. The van der Waals surface area contributed by atoms with Crippen molar-refractivity contribution < 1.29 is 26.4 Å². The second-order valence-corrected chi connectivity index (χ2v) is 6.33. The van der Waals surface area contributed by atoms with E-state index in [1.54, 1.807) is 0 Å². The second-order valence-electron chi connectivity index (χ2n) is 4.26. The number of rotatable bonds is 2. The molecule has 0 radical (unpaired) electrons. The SMILES string of the molecule is CC(c1cccc2c1C(=O)N(CCl)S2(=O)=O)C(F)(F)F. The molecule has 1 aliphatic heterocycles. The fourth-order valence-corrected chi connectivity index (χ4v) is 3.88. The van der Waals surface area contributed by atoms with Crippen molar-refractivity contribution in [2.75, 3.05) is 6.00 Å². The molecule has 0 saturated carbocycles. The van der Waals surface area contributed by atoms with Crippen molar-refractivity contribution in [3.05, 3.63) is 29.3 Å². The van der Waals surface area contributed by atoms with Crippen LogP contribution in [0, 0.1) is 0 Å². The summed E-state index contributed by atoms with van der Waals surface area (Å²) in [7, 11) is -4.16. The number of sulfonamides is 1. The lowest BCUT2D eigenvalue weighted by Crippen LogP contribution is -2.29. The van der Waals surface area contributed by atoms with Crippen LogP contribution in [0.4, 0.5) is 13.2 Å². The molecule has 0 bridgehead atoms. The Morgan fingerprint density at radius 2 is 1.95 bits per heavy atom. The van der Waals surface area contributed by atoms with Gasteiger partial charge in [-0.05, 0) is 18.6 Å². The topological polar surface area (TPSA) is 54.5 Å². The van der Waals surface area contributed by atoms with Crippen molar-refractivity contribution in [3.63, 3.8) is 0 Å². The minimum absolute atomic E-state index is 0.353. The number of alkyl halides is 4. The summed E-state index contributed by atoms with van der Waals surface area (Å²) in [6, 6.07) is 2.73. The maximum absolute atomic E-state index is 12.8. The molecule has 20 heavy (non-hydrogen) atoms. The summed E-state index contributed by atoms with van der Waals surface area (Å²) in [5.74, 6) is -2.98. The van der Waals surface area contributed by atoms with Crippen LogP contribution in [0.15, 0.2) is 23.1 Å². The lowest BCUT2D eigenvalue weighted by Gasteiger charge is -2.17. The van der Waals surface area contributed by atoms with Crippen LogP contribution >= 0.6 is 11.6 Å². The highest BCUT2D eigenvalue weighted by Gasteiger charge is 2.46. The van der Waals surface area contributed by atoms with Gasteiger partial charge in [0, 0.05) is 0 Å². The number of hydrogen-bond acceptors (Lipinski definition) is 3. The van der Waals surface area contributed by atoms with E-state index in [0.29, 0.717) is 4.31 Å². The number of nitrogens with zero attached hydrogens (tertiary/aromatic N) is 1. The molecule has 1 atom stereocenters. The summed E-state index contributed by atoms with van der Waals surface area (Å²) in [6.45, 7) is 0.874. The van der Waals surface area contributed by atoms with Gasteiger partial charge in [0.2, 0.25) is 0 Å². The number of benzene rings is 1. The largest absolute Gasteiger partial charge is 0.395 e. The Bertz CT molecular complexity index is 672. The molecule has 0 aromatic heterocycles. The quantitative estimate of drug-likeness (QED) is 0.620. The second kappa shape index (κ2) is 4.63. The van der Waals surface area contributed by atoms with Gasteiger partial charge in [0.15, 0.2) is 0 Å². The molecule has 9 heteroatoms. The van der Waals surface area contributed by atoms with Gasteiger partial charge < -0.3 is 0 Å². The number of hydrogen-bond donors (Lipinski definition) is 0. The molecule has 1 unspecified atom stereocenters. The maximum Gasteiger partial charge on any atom is 0.395 e. The highest BCUT2D eigenvalue weighted by molar-refractivity contribution is 7.90. The molecule has 2 rings (SSSR count). The Kier molecular flexibility index (Phi) is 3.50. The Morgan fingerprint density at radius 3 is 2.45 bits per heavy atom. The van der Waals surface area contributed by atoms with Crippen molar-refractivity contribution >= 4 is 27.5 Å². The standard InChI is InChI=1S/C11H9ClF3NO3S/c1-6(11(13,14)15)7-3-2-4-8-9(7)10(17)16(5-12)20(8,18)19/h2-4,6H,5H2,1H3. The third-order valence-electron chi connectivity index (χ3n) is 3.13. The van der Waals surface area contributed by atoms with Crippen molar-refractivity contribution in [2.45, 2.75) is 23.9 Å². The summed E-state index contributed by atoms with van der Waals surface area (Å²) in [6.07, 6.45) is -4.58. The van der Waals surface area contributed by atoms with Crippen LogP contribution in [0.25, 0.3) is 0 Å². The van der Waals surface area contributed by atoms with Crippen molar-refractivity contribution in [1.29, 1.82) is 0 Å². The minimum Gasteiger partial charge on any atom is -0.268 e.